The summed E-state index contributed by atoms with van der Waals surface area (Å²) in [6.45, 7) is 0. The topological polar surface area (TPSA) is 67.4 Å². The lowest BCUT2D eigenvalue weighted by atomic mass is 9.81. The van der Waals surface area contributed by atoms with Gasteiger partial charge in [-0.15, -0.1) is 0 Å². The van der Waals surface area contributed by atoms with Crippen LogP contribution in [0, 0.1) is 5.92 Å². The lowest BCUT2D eigenvalue weighted by molar-refractivity contribution is -0.128. The zero-order valence-electron chi connectivity index (χ0n) is 8.08. The van der Waals surface area contributed by atoms with Crippen LogP contribution in [-0.4, -0.2) is 31.2 Å². The largest absolute Gasteiger partial charge is 0.381 e. The number of carbonyl (C=O) groups is 2. The van der Waals surface area contributed by atoms with Crippen molar-refractivity contribution in [3.05, 3.63) is 0 Å². The summed E-state index contributed by atoms with van der Waals surface area (Å²) in [5.74, 6) is -0.215. The molecule has 2 N–H and O–H groups in total. The highest BCUT2D eigenvalue weighted by molar-refractivity contribution is 5.98. The van der Waals surface area contributed by atoms with E-state index in [9.17, 15) is 9.59 Å². The van der Waals surface area contributed by atoms with Gasteiger partial charge in [-0.25, -0.2) is 4.79 Å². The number of hydrogen-bond acceptors (Lipinski definition) is 3. The second-order valence-electron chi connectivity index (χ2n) is 3.85. The second kappa shape index (κ2) is 3.57. The third-order valence-electron chi connectivity index (χ3n) is 3.03. The molecule has 78 valence electrons. The van der Waals surface area contributed by atoms with E-state index in [0.29, 0.717) is 0 Å². The number of amides is 3. The quantitative estimate of drug-likeness (QED) is 0.623. The van der Waals surface area contributed by atoms with Crippen LogP contribution in [0.2, 0.25) is 0 Å². The number of rotatable bonds is 1. The molecule has 14 heavy (non-hydrogen) atoms. The summed E-state index contributed by atoms with van der Waals surface area (Å²) in [5, 5.41) is 5.04. The third-order valence-corrected chi connectivity index (χ3v) is 3.03. The van der Waals surface area contributed by atoms with Crippen molar-refractivity contribution >= 4 is 11.9 Å². The SMILES string of the molecule is COC1CCC2C(=O)NC(=O)NC2C1. The number of carbonyl (C=O) groups excluding carboxylic acids is 2. The number of imide groups is 1. The van der Waals surface area contributed by atoms with Gasteiger partial charge >= 0.3 is 6.03 Å². The van der Waals surface area contributed by atoms with E-state index in [1.807, 2.05) is 0 Å². The molecule has 5 nitrogen and oxygen atoms in total. The summed E-state index contributed by atoms with van der Waals surface area (Å²) >= 11 is 0. The normalized spacial score (nSPS) is 37.1. The van der Waals surface area contributed by atoms with Crippen LogP contribution < -0.4 is 10.6 Å². The fraction of sp³-hybridized carbons (Fsp3) is 0.778. The molecule has 1 aliphatic carbocycles. The van der Waals surface area contributed by atoms with Gasteiger partial charge < -0.3 is 10.1 Å². The second-order valence-corrected chi connectivity index (χ2v) is 3.85. The van der Waals surface area contributed by atoms with Gasteiger partial charge in [0.15, 0.2) is 0 Å². The molecule has 3 atom stereocenters. The molecule has 1 heterocycles. The summed E-state index contributed by atoms with van der Waals surface area (Å²) in [4.78, 5) is 22.5. The fourth-order valence-electron chi connectivity index (χ4n) is 2.23. The number of nitrogens with one attached hydrogen (secondary N) is 2. The predicted octanol–water partition coefficient (Wildman–Crippen LogP) is 0.00950. The Morgan fingerprint density at radius 1 is 1.36 bits per heavy atom. The first kappa shape index (κ1) is 9.45. The molecule has 1 saturated carbocycles. The van der Waals surface area contributed by atoms with Crippen molar-refractivity contribution in [1.29, 1.82) is 0 Å². The monoisotopic (exact) mass is 198 g/mol. The van der Waals surface area contributed by atoms with Gasteiger partial charge in [-0.2, -0.15) is 0 Å². The maximum absolute atomic E-state index is 11.4. The van der Waals surface area contributed by atoms with E-state index in [4.69, 9.17) is 4.74 Å². The van der Waals surface area contributed by atoms with E-state index < -0.39 is 0 Å². The Balaban J connectivity index is 2.06. The van der Waals surface area contributed by atoms with Crippen LogP contribution in [0.25, 0.3) is 0 Å². The molecule has 2 rings (SSSR count). The summed E-state index contributed by atoms with van der Waals surface area (Å²) in [5.41, 5.74) is 0. The smallest absolute Gasteiger partial charge is 0.321 e. The van der Waals surface area contributed by atoms with E-state index in [2.05, 4.69) is 10.6 Å². The van der Waals surface area contributed by atoms with Gasteiger partial charge in [-0.3, -0.25) is 10.1 Å². The Kier molecular flexibility index (Phi) is 2.41. The first-order valence-electron chi connectivity index (χ1n) is 4.85. The van der Waals surface area contributed by atoms with Crippen molar-refractivity contribution in [3.63, 3.8) is 0 Å². The molecule has 1 aliphatic heterocycles. The van der Waals surface area contributed by atoms with Crippen LogP contribution >= 0.6 is 0 Å². The molecule has 0 aromatic heterocycles. The van der Waals surface area contributed by atoms with Crippen LogP contribution in [0.5, 0.6) is 0 Å². The average molecular weight is 198 g/mol. The molecular weight excluding hydrogens is 184 g/mol. The zero-order valence-corrected chi connectivity index (χ0v) is 8.08. The predicted molar refractivity (Wildman–Crippen MR) is 48.6 cm³/mol. The van der Waals surface area contributed by atoms with E-state index in [-0.39, 0.29) is 30.0 Å². The Morgan fingerprint density at radius 3 is 2.86 bits per heavy atom. The molecule has 0 aromatic rings. The first-order valence-corrected chi connectivity index (χ1v) is 4.85. The molecule has 3 unspecified atom stereocenters. The van der Waals surface area contributed by atoms with Crippen molar-refractivity contribution in [2.75, 3.05) is 7.11 Å². The van der Waals surface area contributed by atoms with Crippen LogP contribution in [0.15, 0.2) is 0 Å². The van der Waals surface area contributed by atoms with Gasteiger partial charge in [-0.1, -0.05) is 0 Å². The summed E-state index contributed by atoms with van der Waals surface area (Å²) in [6.07, 6.45) is 2.58. The molecule has 0 radical (unpaired) electrons. The maximum atomic E-state index is 11.4. The van der Waals surface area contributed by atoms with Gasteiger partial charge in [0.1, 0.15) is 0 Å². The highest BCUT2D eigenvalue weighted by Gasteiger charge is 2.39. The van der Waals surface area contributed by atoms with Crippen molar-refractivity contribution in [1.82, 2.24) is 10.6 Å². The molecule has 2 aliphatic rings. The molecule has 1 saturated heterocycles. The maximum Gasteiger partial charge on any atom is 0.321 e. The number of hydrogen-bond donors (Lipinski definition) is 2. The minimum atomic E-state index is -0.381. The van der Waals surface area contributed by atoms with Gasteiger partial charge in [0.25, 0.3) is 0 Å². The first-order chi connectivity index (χ1) is 6.70. The van der Waals surface area contributed by atoms with Gasteiger partial charge in [-0.05, 0) is 19.3 Å². The minimum absolute atomic E-state index is 0.0463. The highest BCUT2D eigenvalue weighted by Crippen LogP contribution is 2.28. The van der Waals surface area contributed by atoms with Crippen molar-refractivity contribution in [2.45, 2.75) is 31.4 Å². The Morgan fingerprint density at radius 2 is 2.14 bits per heavy atom. The van der Waals surface area contributed by atoms with Gasteiger partial charge in [0.2, 0.25) is 5.91 Å². The van der Waals surface area contributed by atoms with E-state index in [0.717, 1.165) is 19.3 Å². The number of methoxy groups -OCH3 is 1. The molecule has 2 fully saturated rings. The molecule has 0 spiro atoms. The minimum Gasteiger partial charge on any atom is -0.381 e. The number of urea groups is 1. The number of ether oxygens (including phenoxy) is 1. The Bertz CT molecular complexity index is 267. The van der Waals surface area contributed by atoms with E-state index in [1.165, 1.54) is 0 Å². The Hall–Kier alpha value is -1.10. The molecule has 3 amide bonds. The number of fused-ring (bicyclic) bond motifs is 1. The summed E-state index contributed by atoms with van der Waals surface area (Å²) in [7, 11) is 1.66. The zero-order chi connectivity index (χ0) is 10.1. The lowest BCUT2D eigenvalue weighted by Gasteiger charge is -2.37. The van der Waals surface area contributed by atoms with Crippen LogP contribution in [0.3, 0.4) is 0 Å². The van der Waals surface area contributed by atoms with Crippen molar-refractivity contribution < 1.29 is 14.3 Å². The average Bonchev–Trinajstić information content (AvgIpc) is 2.16. The van der Waals surface area contributed by atoms with Crippen LogP contribution in [0.1, 0.15) is 19.3 Å². The summed E-state index contributed by atoms with van der Waals surface area (Å²) in [6, 6.07) is -0.428. The van der Waals surface area contributed by atoms with Gasteiger partial charge in [0, 0.05) is 13.2 Å². The van der Waals surface area contributed by atoms with Crippen LogP contribution in [-0.2, 0) is 9.53 Å². The van der Waals surface area contributed by atoms with Crippen molar-refractivity contribution in [2.24, 2.45) is 5.92 Å². The van der Waals surface area contributed by atoms with Gasteiger partial charge in [0.05, 0.1) is 12.0 Å². The fourth-order valence-corrected chi connectivity index (χ4v) is 2.23. The van der Waals surface area contributed by atoms with Crippen molar-refractivity contribution in [3.8, 4) is 0 Å². The van der Waals surface area contributed by atoms with E-state index in [1.54, 1.807) is 7.11 Å². The molecule has 0 bridgehead atoms. The molecular formula is C9H14N2O3. The molecule has 0 aromatic carbocycles. The summed E-state index contributed by atoms with van der Waals surface area (Å²) < 4.78 is 5.23. The van der Waals surface area contributed by atoms with Crippen LogP contribution in [0.4, 0.5) is 4.79 Å². The molecule has 5 heteroatoms. The highest BCUT2D eigenvalue weighted by atomic mass is 16.5. The third kappa shape index (κ3) is 1.59. The standard InChI is InChI=1S/C9H14N2O3/c1-14-5-2-3-6-7(4-5)10-9(13)11-8(6)12/h5-7H,2-4H2,1H3,(H2,10,11,12,13). The van der Waals surface area contributed by atoms with E-state index >= 15 is 0 Å². The lowest BCUT2D eigenvalue weighted by Crippen LogP contribution is -2.60. The Labute approximate surface area is 82.2 Å².